The highest BCUT2D eigenvalue weighted by atomic mass is 16.2. The number of hydrogen-bond donors (Lipinski definition) is 6. The molecule has 0 rings (SSSR count). The fourth-order valence-corrected chi connectivity index (χ4v) is 5.11. The molecule has 18 nitrogen and oxygen atoms in total. The van der Waals surface area contributed by atoms with Crippen molar-refractivity contribution in [2.75, 3.05) is 52.9 Å². The Labute approximate surface area is 397 Å². The molecule has 65 heavy (non-hydrogen) atoms. The van der Waals surface area contributed by atoms with Gasteiger partial charge in [-0.25, -0.2) is 0 Å². The zero-order chi connectivity index (χ0) is 50.5. The Hall–Kier alpha value is -4.19. The molecule has 0 spiro atoms. The molecule has 7 amide bonds. The monoisotopic (exact) mass is 914 g/mol. The van der Waals surface area contributed by atoms with Crippen LogP contribution in [0.15, 0.2) is 0 Å². The molecule has 0 aliphatic heterocycles. The van der Waals surface area contributed by atoms with Crippen LogP contribution in [0.4, 0.5) is 0 Å². The van der Waals surface area contributed by atoms with Crippen molar-refractivity contribution in [1.29, 1.82) is 0 Å². The normalized spacial score (nSPS) is 10.3. The summed E-state index contributed by atoms with van der Waals surface area (Å²) in [5.74, 6) is -0.422. The van der Waals surface area contributed by atoms with Crippen LogP contribution in [0.3, 0.4) is 0 Å². The lowest BCUT2D eigenvalue weighted by Gasteiger charge is -2.17. The SMILES string of the molecule is CCCCCC(N)=O.CCCCCCNC=O.CCN(CC=O)CC(=O)NCCCCC(NC=O)C(=O)NCCCCCC(=O)C(C)C.[B]N([B])C(=O)CCCCCNC.[B]N([B])C=O. The Balaban J connectivity index is -0.000000284. The average molecular weight is 913 g/mol. The van der Waals surface area contributed by atoms with E-state index in [-0.39, 0.29) is 48.4 Å². The minimum atomic E-state index is -0.598. The molecule has 0 aromatic rings. The van der Waals surface area contributed by atoms with Crippen LogP contribution in [-0.4, -0.2) is 160 Å². The maximum absolute atomic E-state index is 12.3. The van der Waals surface area contributed by atoms with Gasteiger partial charge in [0.2, 0.25) is 62.5 Å². The van der Waals surface area contributed by atoms with Gasteiger partial charge in [0.25, 0.3) is 0 Å². The maximum Gasteiger partial charge on any atom is 0.242 e. The summed E-state index contributed by atoms with van der Waals surface area (Å²) < 4.78 is 1.10. The molecule has 0 heterocycles. The molecule has 366 valence electrons. The second-order valence-corrected chi connectivity index (χ2v) is 15.2. The van der Waals surface area contributed by atoms with E-state index in [2.05, 4.69) is 56.4 Å². The van der Waals surface area contributed by atoms with Crippen molar-refractivity contribution in [3.63, 3.8) is 0 Å². The number of amides is 7. The molecule has 1 unspecified atom stereocenters. The van der Waals surface area contributed by atoms with Crippen molar-refractivity contribution in [1.82, 2.24) is 40.9 Å². The highest BCUT2D eigenvalue weighted by molar-refractivity contribution is 6.34. The Bertz CT molecular complexity index is 1200. The third kappa shape index (κ3) is 61.9. The highest BCUT2D eigenvalue weighted by Gasteiger charge is 2.17. The molecule has 0 bridgehead atoms. The predicted molar refractivity (Wildman–Crippen MR) is 261 cm³/mol. The number of nitrogens with two attached hydrogens (primary N) is 1. The summed E-state index contributed by atoms with van der Waals surface area (Å²) in [6, 6.07) is -0.598. The van der Waals surface area contributed by atoms with E-state index < -0.39 is 6.04 Å². The molecule has 0 aromatic heterocycles. The van der Waals surface area contributed by atoms with Crippen LogP contribution in [0.5, 0.6) is 0 Å². The van der Waals surface area contributed by atoms with Gasteiger partial charge >= 0.3 is 0 Å². The van der Waals surface area contributed by atoms with Crippen molar-refractivity contribution < 1.29 is 43.2 Å². The van der Waals surface area contributed by atoms with Crippen molar-refractivity contribution in [3.8, 4) is 0 Å². The van der Waals surface area contributed by atoms with Crippen LogP contribution < -0.4 is 32.3 Å². The van der Waals surface area contributed by atoms with E-state index in [1.165, 1.54) is 19.3 Å². The van der Waals surface area contributed by atoms with Crippen LogP contribution >= 0.6 is 0 Å². The summed E-state index contributed by atoms with van der Waals surface area (Å²) in [5.41, 5.74) is 4.89. The topological polar surface area (TPSA) is 250 Å². The Morgan fingerprint density at radius 1 is 0.646 bits per heavy atom. The van der Waals surface area contributed by atoms with Crippen LogP contribution in [0.2, 0.25) is 0 Å². The molecular formula is C43H83B4N9O9. The number of unbranched alkanes of at least 4 members (excludes halogenated alkanes) is 10. The van der Waals surface area contributed by atoms with Crippen molar-refractivity contribution in [2.24, 2.45) is 11.7 Å². The van der Waals surface area contributed by atoms with Crippen LogP contribution in [-0.2, 0) is 43.2 Å². The summed E-state index contributed by atoms with van der Waals surface area (Å²) >= 11 is 0. The van der Waals surface area contributed by atoms with Gasteiger partial charge in [-0.15, -0.1) is 0 Å². The number of hydrogen-bond acceptors (Lipinski definition) is 11. The summed E-state index contributed by atoms with van der Waals surface area (Å²) in [4.78, 5) is 98.6. The third-order valence-electron chi connectivity index (χ3n) is 9.03. The Morgan fingerprint density at radius 3 is 1.66 bits per heavy atom. The Kier molecular flexibility index (Phi) is 60.1. The predicted octanol–water partition coefficient (Wildman–Crippen LogP) is 1.55. The number of nitrogens with zero attached hydrogens (tertiary/aromatic N) is 3. The zero-order valence-electron chi connectivity index (χ0n) is 40.8. The van der Waals surface area contributed by atoms with E-state index in [4.69, 9.17) is 21.7 Å². The number of Topliss-reactive ketones (excluding diaryl/α,β-unsaturated/α-hetero) is 1. The van der Waals surface area contributed by atoms with Gasteiger partial charge < -0.3 is 46.6 Å². The number of ketones is 1. The number of carbonyl (C=O) groups is 9. The van der Waals surface area contributed by atoms with E-state index in [9.17, 15) is 43.2 Å². The molecular weight excluding hydrogens is 830 g/mol. The van der Waals surface area contributed by atoms with E-state index in [1.807, 2.05) is 27.8 Å². The number of carbonyl (C=O) groups excluding carboxylic acids is 9. The quantitative estimate of drug-likeness (QED) is 0.0297. The van der Waals surface area contributed by atoms with E-state index >= 15 is 0 Å². The molecule has 1 atom stereocenters. The van der Waals surface area contributed by atoms with Crippen molar-refractivity contribution >= 4 is 86.9 Å². The average Bonchev–Trinajstić information content (AvgIpc) is 3.27. The lowest BCUT2D eigenvalue weighted by atomic mass is 10.0. The highest BCUT2D eigenvalue weighted by Crippen LogP contribution is 2.06. The first kappa shape index (κ1) is 69.8. The number of nitrogens with one attached hydrogen (secondary N) is 5. The van der Waals surface area contributed by atoms with Crippen LogP contribution in [0.25, 0.3) is 0 Å². The molecule has 0 aliphatic carbocycles. The number of rotatable bonds is 37. The van der Waals surface area contributed by atoms with Crippen LogP contribution in [0, 0.1) is 5.92 Å². The lowest BCUT2D eigenvalue weighted by Crippen LogP contribution is -2.44. The maximum atomic E-state index is 12.3. The largest absolute Gasteiger partial charge is 0.451 e. The first-order valence-corrected chi connectivity index (χ1v) is 23.1. The third-order valence-corrected chi connectivity index (χ3v) is 9.03. The molecule has 0 fully saturated rings. The van der Waals surface area contributed by atoms with Gasteiger partial charge in [-0.05, 0) is 77.9 Å². The summed E-state index contributed by atoms with van der Waals surface area (Å²) in [6.07, 6.45) is 19.3. The second kappa shape index (κ2) is 55.9. The van der Waals surface area contributed by atoms with Gasteiger partial charge in [-0.2, -0.15) is 0 Å². The van der Waals surface area contributed by atoms with Crippen LogP contribution in [0.1, 0.15) is 157 Å². The second-order valence-electron chi connectivity index (χ2n) is 15.2. The molecule has 22 heteroatoms. The van der Waals surface area contributed by atoms with Gasteiger partial charge in [0, 0.05) is 44.8 Å². The standard InChI is InChI=1S/C22H40N4O5.C7H14B2N2O.C7H15NO.C6H13NO.CHB2NO/c1-4-26(14-15-27)16-21(30)23-12-9-7-10-19(25-17-28)22(31)24-13-8-5-6-11-20(29)18(2)3;1-10-6-4-2-3-5-7(12)11(8)9;1-2-3-4-5-6-8-7-9;1-2-3-4-5-6(7)8;2-4(3)1-5/h15,17-19H,4-14,16H2,1-3H3,(H,23,30)(H,24,31)(H,25,28);10H,2-6H2,1H3;7H,2-6H2,1H3,(H,8,9);2-5H2,1H3,(H2,7,8);1H. The van der Waals surface area contributed by atoms with E-state index in [0.717, 1.165) is 90.0 Å². The minimum absolute atomic E-state index is 0.0664. The lowest BCUT2D eigenvalue weighted by molar-refractivity contribution is -0.125. The minimum Gasteiger partial charge on any atom is -0.451 e. The van der Waals surface area contributed by atoms with E-state index in [1.54, 1.807) is 4.90 Å². The fraction of sp³-hybridized carbons (Fsp3) is 0.791. The molecule has 8 radical (unpaired) electrons. The smallest absolute Gasteiger partial charge is 0.242 e. The molecule has 0 aliphatic rings. The van der Waals surface area contributed by atoms with Crippen molar-refractivity contribution in [2.45, 2.75) is 163 Å². The number of primary amides is 1. The first-order chi connectivity index (χ1) is 31.0. The molecule has 7 N–H and O–H groups in total. The first-order valence-electron chi connectivity index (χ1n) is 23.1. The summed E-state index contributed by atoms with van der Waals surface area (Å²) in [5, 5.41) is 13.8. The van der Waals surface area contributed by atoms with Gasteiger partial charge in [0.15, 0.2) is 12.3 Å². The Morgan fingerprint density at radius 2 is 1.17 bits per heavy atom. The van der Waals surface area contributed by atoms with Gasteiger partial charge in [-0.3, -0.25) is 43.3 Å². The summed E-state index contributed by atoms with van der Waals surface area (Å²) in [7, 11) is 21.0. The van der Waals surface area contributed by atoms with E-state index in [0.29, 0.717) is 80.4 Å². The number of likely N-dealkylation sites (N-methyl/N-ethyl adjacent to an activating group) is 1. The molecule has 0 aromatic carbocycles. The fourth-order valence-electron chi connectivity index (χ4n) is 5.11. The van der Waals surface area contributed by atoms with Gasteiger partial charge in [0.1, 0.15) is 18.1 Å². The zero-order valence-corrected chi connectivity index (χ0v) is 40.8. The molecule has 0 saturated heterocycles. The van der Waals surface area contributed by atoms with Gasteiger partial charge in [-0.1, -0.05) is 79.6 Å². The van der Waals surface area contributed by atoms with Crippen molar-refractivity contribution in [3.05, 3.63) is 0 Å². The molecule has 0 saturated carbocycles. The number of aldehydes is 1. The summed E-state index contributed by atoms with van der Waals surface area (Å²) in [6.45, 7) is 13.8. The van der Waals surface area contributed by atoms with Gasteiger partial charge in [0.05, 0.1) is 13.1 Å².